The molecule has 11 heteroatoms. The van der Waals surface area contributed by atoms with E-state index in [9.17, 15) is 24.0 Å². The number of carbonyl (C=O) groups is 5. The maximum absolute atomic E-state index is 13.9. The molecule has 1 saturated carbocycles. The van der Waals surface area contributed by atoms with Gasteiger partial charge < -0.3 is 26.6 Å². The number of nitrogens with two attached hydrogens (primary N) is 1. The molecule has 2 aliphatic heterocycles. The van der Waals surface area contributed by atoms with E-state index >= 15 is 0 Å². The van der Waals surface area contributed by atoms with Crippen molar-refractivity contribution in [1.82, 2.24) is 20.9 Å². The van der Waals surface area contributed by atoms with Crippen LogP contribution >= 0.6 is 12.2 Å². The van der Waals surface area contributed by atoms with E-state index in [4.69, 9.17) is 18.0 Å². The summed E-state index contributed by atoms with van der Waals surface area (Å²) in [7, 11) is 0. The summed E-state index contributed by atoms with van der Waals surface area (Å²) in [5.74, 6) is -2.52. The van der Waals surface area contributed by atoms with Crippen molar-refractivity contribution in [2.45, 2.75) is 79.4 Å². The van der Waals surface area contributed by atoms with Crippen molar-refractivity contribution in [2.24, 2.45) is 40.2 Å². The molecule has 206 valence electrons. The van der Waals surface area contributed by atoms with Crippen LogP contribution in [0.2, 0.25) is 0 Å². The molecular formula is C26H41N5O5S. The number of thiocarbonyl (C=S) groups is 1. The number of hydrogen-bond donors (Lipinski definition) is 4. The topological polar surface area (TPSA) is 151 Å². The van der Waals surface area contributed by atoms with Crippen molar-refractivity contribution >= 4 is 46.6 Å². The molecule has 0 aromatic rings. The molecule has 4 amide bonds. The minimum Gasteiger partial charge on any atom is -0.387 e. The third-order valence-corrected chi connectivity index (χ3v) is 8.44. The van der Waals surface area contributed by atoms with Gasteiger partial charge in [0, 0.05) is 24.9 Å². The van der Waals surface area contributed by atoms with Crippen LogP contribution in [0.5, 0.6) is 0 Å². The lowest BCUT2D eigenvalue weighted by Gasteiger charge is -2.38. The number of carbonyl (C=O) groups excluding carboxylic acids is 5. The molecule has 3 rings (SSSR count). The fourth-order valence-corrected chi connectivity index (χ4v) is 5.89. The van der Waals surface area contributed by atoms with E-state index in [-0.39, 0.29) is 52.3 Å². The fourth-order valence-electron chi connectivity index (χ4n) is 5.75. The first-order valence-corrected chi connectivity index (χ1v) is 13.4. The Hall–Kier alpha value is -2.56. The van der Waals surface area contributed by atoms with Gasteiger partial charge in [-0.05, 0) is 35.5 Å². The van der Waals surface area contributed by atoms with Crippen molar-refractivity contribution < 1.29 is 24.0 Å². The Morgan fingerprint density at radius 1 is 1.19 bits per heavy atom. The van der Waals surface area contributed by atoms with Gasteiger partial charge >= 0.3 is 0 Å². The maximum atomic E-state index is 13.9. The molecule has 0 radical (unpaired) electrons. The van der Waals surface area contributed by atoms with Crippen LogP contribution < -0.4 is 21.7 Å². The van der Waals surface area contributed by atoms with E-state index in [1.807, 2.05) is 20.8 Å². The standard InChI is InChI=1S/C26H41N5O5S/c1-12(2)21(33)30-19(25(3,4)5)24(36)31-11-14-16(26(14,6)7)17(31)23(35)29-15(18(32)20(27)37)10-13-8-9-28-22(13)34/h12-17,19H,8-11H2,1-7H3,(H2,27,37)(H,28,34)(H,29,35)(H,30,33)/t13-,14-,15-,16-,17-,19+/m0/s1. The summed E-state index contributed by atoms with van der Waals surface area (Å²) in [6, 6.07) is -2.70. The molecule has 10 nitrogen and oxygen atoms in total. The quantitative estimate of drug-likeness (QED) is 0.314. The second-order valence-corrected chi connectivity index (χ2v) is 13.1. The Morgan fingerprint density at radius 2 is 1.81 bits per heavy atom. The average molecular weight is 536 g/mol. The van der Waals surface area contributed by atoms with Gasteiger partial charge in [-0.3, -0.25) is 24.0 Å². The first-order chi connectivity index (χ1) is 17.0. The Morgan fingerprint density at radius 3 is 2.30 bits per heavy atom. The van der Waals surface area contributed by atoms with Crippen LogP contribution in [-0.4, -0.2) is 70.5 Å². The van der Waals surface area contributed by atoms with Gasteiger partial charge in [-0.15, -0.1) is 0 Å². The molecule has 0 aromatic heterocycles. The van der Waals surface area contributed by atoms with Gasteiger partial charge in [0.25, 0.3) is 0 Å². The lowest BCUT2D eigenvalue weighted by atomic mass is 9.84. The van der Waals surface area contributed by atoms with Gasteiger partial charge in [0.05, 0.1) is 6.04 Å². The number of likely N-dealkylation sites (tertiary alicyclic amines) is 1. The molecule has 37 heavy (non-hydrogen) atoms. The van der Waals surface area contributed by atoms with Crippen LogP contribution in [0.15, 0.2) is 0 Å². The summed E-state index contributed by atoms with van der Waals surface area (Å²) >= 11 is 4.89. The average Bonchev–Trinajstić information content (AvgIpc) is 3.14. The number of amides is 4. The number of nitrogens with zero attached hydrogens (tertiary/aromatic N) is 1. The molecule has 6 atom stereocenters. The first-order valence-electron chi connectivity index (χ1n) is 13.0. The highest BCUT2D eigenvalue weighted by Gasteiger charge is 2.69. The number of rotatable bonds is 9. The van der Waals surface area contributed by atoms with Crippen molar-refractivity contribution in [1.29, 1.82) is 0 Å². The van der Waals surface area contributed by atoms with Crippen LogP contribution in [0, 0.1) is 34.5 Å². The highest BCUT2D eigenvalue weighted by Crippen LogP contribution is 2.65. The zero-order valence-electron chi connectivity index (χ0n) is 22.8. The third kappa shape index (κ3) is 5.81. The zero-order valence-corrected chi connectivity index (χ0v) is 23.7. The molecular weight excluding hydrogens is 494 g/mol. The lowest BCUT2D eigenvalue weighted by molar-refractivity contribution is -0.146. The fraction of sp³-hybridized carbons (Fsp3) is 0.769. The van der Waals surface area contributed by atoms with Crippen LogP contribution in [-0.2, 0) is 24.0 Å². The van der Waals surface area contributed by atoms with Gasteiger partial charge in [0.1, 0.15) is 17.1 Å². The smallest absolute Gasteiger partial charge is 0.246 e. The Balaban J connectivity index is 1.87. The summed E-state index contributed by atoms with van der Waals surface area (Å²) in [5, 5.41) is 8.40. The minimum absolute atomic E-state index is 0.0843. The van der Waals surface area contributed by atoms with E-state index in [2.05, 4.69) is 29.8 Å². The van der Waals surface area contributed by atoms with E-state index in [1.165, 1.54) is 0 Å². The Labute approximate surface area is 224 Å². The highest BCUT2D eigenvalue weighted by molar-refractivity contribution is 7.82. The SMILES string of the molecule is CC(C)C(=O)N[C@H](C(=O)N1C[C@H]2[C@@H]([C@H]1C(=O)N[C@@H](C[C@@H]1CCNC1=O)C(=O)C(N)=S)C2(C)C)C(C)(C)C. The van der Waals surface area contributed by atoms with Crippen molar-refractivity contribution in [3.63, 3.8) is 0 Å². The largest absolute Gasteiger partial charge is 0.387 e. The molecule has 1 aliphatic carbocycles. The normalized spacial score (nSPS) is 27.7. The van der Waals surface area contributed by atoms with E-state index in [0.29, 0.717) is 19.5 Å². The van der Waals surface area contributed by atoms with Crippen LogP contribution in [0.25, 0.3) is 0 Å². The molecule has 2 saturated heterocycles. The van der Waals surface area contributed by atoms with Gasteiger partial charge in [0.15, 0.2) is 0 Å². The molecule has 5 N–H and O–H groups in total. The van der Waals surface area contributed by atoms with Crippen LogP contribution in [0.1, 0.15) is 61.3 Å². The summed E-state index contributed by atoms with van der Waals surface area (Å²) < 4.78 is 0. The second-order valence-electron chi connectivity index (χ2n) is 12.7. The monoisotopic (exact) mass is 535 g/mol. The van der Waals surface area contributed by atoms with Crippen molar-refractivity contribution in [3.05, 3.63) is 0 Å². The summed E-state index contributed by atoms with van der Waals surface area (Å²) in [4.78, 5) is 66.3. The first kappa shape index (κ1) is 29.0. The van der Waals surface area contributed by atoms with Gasteiger partial charge in [0.2, 0.25) is 29.4 Å². The van der Waals surface area contributed by atoms with Crippen molar-refractivity contribution in [2.75, 3.05) is 13.1 Å². The molecule has 3 fully saturated rings. The predicted octanol–water partition coefficient (Wildman–Crippen LogP) is 0.523. The molecule has 0 unspecified atom stereocenters. The number of piperidine rings is 1. The number of fused-ring (bicyclic) bond motifs is 1. The molecule has 0 aromatic carbocycles. The lowest BCUT2D eigenvalue weighted by Crippen LogP contribution is -2.61. The molecule has 3 aliphatic rings. The zero-order chi connectivity index (χ0) is 28.0. The summed E-state index contributed by atoms with van der Waals surface area (Å²) in [6.07, 6.45) is 0.630. The number of ketones is 1. The van der Waals surface area contributed by atoms with Crippen LogP contribution in [0.4, 0.5) is 0 Å². The van der Waals surface area contributed by atoms with Gasteiger partial charge in [-0.2, -0.15) is 0 Å². The molecule has 0 spiro atoms. The molecule has 0 bridgehead atoms. The predicted molar refractivity (Wildman–Crippen MR) is 142 cm³/mol. The van der Waals surface area contributed by atoms with E-state index in [1.54, 1.807) is 18.7 Å². The Kier molecular flexibility index (Phi) is 8.08. The van der Waals surface area contributed by atoms with Crippen LogP contribution in [0.3, 0.4) is 0 Å². The number of nitrogens with one attached hydrogen (secondary N) is 3. The van der Waals surface area contributed by atoms with Gasteiger partial charge in [-0.25, -0.2) is 0 Å². The second kappa shape index (κ2) is 10.3. The number of Topliss-reactive ketones (excluding diaryl/α,β-unsaturated/α-hetero) is 1. The highest BCUT2D eigenvalue weighted by atomic mass is 32.1. The number of hydrogen-bond acceptors (Lipinski definition) is 6. The van der Waals surface area contributed by atoms with E-state index in [0.717, 1.165) is 0 Å². The Bertz CT molecular complexity index is 1000. The van der Waals surface area contributed by atoms with E-state index < -0.39 is 41.1 Å². The van der Waals surface area contributed by atoms with Crippen molar-refractivity contribution in [3.8, 4) is 0 Å². The summed E-state index contributed by atoms with van der Waals surface area (Å²) in [6.45, 7) is 14.1. The minimum atomic E-state index is -1.06. The molecule has 2 heterocycles. The summed E-state index contributed by atoms with van der Waals surface area (Å²) in [5.41, 5.74) is 4.87. The third-order valence-electron chi connectivity index (χ3n) is 8.24. The maximum Gasteiger partial charge on any atom is 0.246 e. The van der Waals surface area contributed by atoms with Gasteiger partial charge in [-0.1, -0.05) is 60.7 Å².